The van der Waals surface area contributed by atoms with Crippen LogP contribution in [-0.4, -0.2) is 18.9 Å². The van der Waals surface area contributed by atoms with Crippen LogP contribution < -0.4 is 5.32 Å². The third kappa shape index (κ3) is 4.05. The van der Waals surface area contributed by atoms with Gasteiger partial charge in [-0.15, -0.1) is 0 Å². The Hall–Kier alpha value is -1.96. The third-order valence-electron chi connectivity index (χ3n) is 1.90. The number of nitrogens with one attached hydrogen (secondary N) is 1. The molecule has 0 saturated carbocycles. The summed E-state index contributed by atoms with van der Waals surface area (Å²) in [5.41, 5.74) is 1.18. The molecule has 0 fully saturated rings. The van der Waals surface area contributed by atoms with Crippen molar-refractivity contribution >= 4 is 5.91 Å². The highest BCUT2D eigenvalue weighted by Crippen LogP contribution is 2.04. The average Bonchev–Trinajstić information content (AvgIpc) is 2.27. The van der Waals surface area contributed by atoms with Crippen LogP contribution in [0.25, 0.3) is 0 Å². The van der Waals surface area contributed by atoms with Gasteiger partial charge in [0.05, 0.1) is 24.6 Å². The minimum absolute atomic E-state index is 0.0401. The molecule has 0 radical (unpaired) electrons. The average molecular weight is 224 g/mol. The minimum Gasteiger partial charge on any atom is -0.350 e. The maximum Gasteiger partial charge on any atom is 0.255 e. The highest BCUT2D eigenvalue weighted by molar-refractivity contribution is 5.78. The van der Waals surface area contributed by atoms with Crippen LogP contribution in [0.3, 0.4) is 0 Å². The molecular weight excluding hydrogens is 214 g/mol. The van der Waals surface area contributed by atoms with Crippen LogP contribution in [0.15, 0.2) is 24.3 Å². The lowest BCUT2D eigenvalue weighted by Gasteiger charge is -2.04. The molecule has 0 unspecified atom stereocenters. The number of alkyl halides is 2. The Morgan fingerprint density at radius 1 is 1.38 bits per heavy atom. The molecule has 0 aliphatic rings. The molecule has 0 aromatic heterocycles. The number of amides is 1. The smallest absolute Gasteiger partial charge is 0.255 e. The van der Waals surface area contributed by atoms with Crippen LogP contribution in [0, 0.1) is 11.3 Å². The number of rotatable bonds is 4. The van der Waals surface area contributed by atoms with Gasteiger partial charge in [-0.1, -0.05) is 12.1 Å². The molecule has 1 rings (SSSR count). The first-order chi connectivity index (χ1) is 7.61. The first-order valence-corrected chi connectivity index (χ1v) is 4.65. The van der Waals surface area contributed by atoms with Crippen molar-refractivity contribution in [2.45, 2.75) is 12.8 Å². The number of nitriles is 1. The van der Waals surface area contributed by atoms with E-state index in [9.17, 15) is 13.6 Å². The van der Waals surface area contributed by atoms with E-state index in [1.165, 1.54) is 0 Å². The van der Waals surface area contributed by atoms with Crippen molar-refractivity contribution in [3.05, 3.63) is 35.4 Å². The molecule has 0 atom stereocenters. The lowest BCUT2D eigenvalue weighted by atomic mass is 10.1. The Balaban J connectivity index is 2.47. The Kier molecular flexibility index (Phi) is 4.40. The monoisotopic (exact) mass is 224 g/mol. The predicted molar refractivity (Wildman–Crippen MR) is 53.9 cm³/mol. The zero-order chi connectivity index (χ0) is 12.0. The molecule has 0 aliphatic carbocycles. The molecular formula is C11H10F2N2O. The van der Waals surface area contributed by atoms with Gasteiger partial charge in [-0.2, -0.15) is 5.26 Å². The summed E-state index contributed by atoms with van der Waals surface area (Å²) in [5, 5.41) is 10.6. The summed E-state index contributed by atoms with van der Waals surface area (Å²) >= 11 is 0. The van der Waals surface area contributed by atoms with Crippen LogP contribution in [-0.2, 0) is 11.2 Å². The second-order valence-corrected chi connectivity index (χ2v) is 3.18. The van der Waals surface area contributed by atoms with E-state index in [4.69, 9.17) is 5.26 Å². The van der Waals surface area contributed by atoms with E-state index < -0.39 is 18.9 Å². The zero-order valence-electron chi connectivity index (χ0n) is 8.41. The summed E-state index contributed by atoms with van der Waals surface area (Å²) in [6.07, 6.45) is -2.50. The molecule has 1 aromatic carbocycles. The van der Waals surface area contributed by atoms with Crippen molar-refractivity contribution in [3.63, 3.8) is 0 Å². The molecule has 84 valence electrons. The van der Waals surface area contributed by atoms with Crippen LogP contribution in [0.1, 0.15) is 11.1 Å². The number of benzene rings is 1. The van der Waals surface area contributed by atoms with Crippen molar-refractivity contribution in [1.82, 2.24) is 5.32 Å². The third-order valence-corrected chi connectivity index (χ3v) is 1.90. The molecule has 0 bridgehead atoms. The lowest BCUT2D eigenvalue weighted by molar-refractivity contribution is -0.121. The van der Waals surface area contributed by atoms with Crippen molar-refractivity contribution in [2.24, 2.45) is 0 Å². The van der Waals surface area contributed by atoms with Crippen molar-refractivity contribution < 1.29 is 13.6 Å². The van der Waals surface area contributed by atoms with Crippen molar-refractivity contribution in [1.29, 1.82) is 5.26 Å². The van der Waals surface area contributed by atoms with Crippen molar-refractivity contribution in [2.75, 3.05) is 6.54 Å². The second-order valence-electron chi connectivity index (χ2n) is 3.18. The summed E-state index contributed by atoms with van der Waals surface area (Å²) in [6.45, 7) is -0.630. The Morgan fingerprint density at radius 2 is 2.00 bits per heavy atom. The lowest BCUT2D eigenvalue weighted by Crippen LogP contribution is -2.29. The van der Waals surface area contributed by atoms with E-state index in [1.54, 1.807) is 24.3 Å². The Labute approximate surface area is 91.7 Å². The standard InChI is InChI=1S/C11H10F2N2O/c12-10(13)7-15-11(16)5-8-1-3-9(6-14)4-2-8/h1-4,10H,5,7H2,(H,15,16). The highest BCUT2D eigenvalue weighted by Gasteiger charge is 2.07. The molecule has 1 aromatic rings. The normalized spacial score (nSPS) is 9.88. The SMILES string of the molecule is N#Cc1ccc(CC(=O)NCC(F)F)cc1. The summed E-state index contributed by atoms with van der Waals surface area (Å²) < 4.78 is 23.6. The topological polar surface area (TPSA) is 52.9 Å². The first kappa shape index (κ1) is 12.1. The number of hydrogen-bond donors (Lipinski definition) is 1. The fourth-order valence-electron chi connectivity index (χ4n) is 1.14. The van der Waals surface area contributed by atoms with E-state index >= 15 is 0 Å². The maximum atomic E-state index is 11.8. The van der Waals surface area contributed by atoms with Crippen LogP contribution in [0.2, 0.25) is 0 Å². The van der Waals surface area contributed by atoms with E-state index in [1.807, 2.05) is 6.07 Å². The van der Waals surface area contributed by atoms with Crippen LogP contribution in [0.4, 0.5) is 8.78 Å². The van der Waals surface area contributed by atoms with Gasteiger partial charge in [0.15, 0.2) is 0 Å². The molecule has 5 heteroatoms. The van der Waals surface area contributed by atoms with Gasteiger partial charge >= 0.3 is 0 Å². The number of carbonyl (C=O) groups excluding carboxylic acids is 1. The predicted octanol–water partition coefficient (Wildman–Crippen LogP) is 1.48. The second kappa shape index (κ2) is 5.81. The molecule has 0 spiro atoms. The van der Waals surface area contributed by atoms with Gasteiger partial charge in [0, 0.05) is 0 Å². The van der Waals surface area contributed by atoms with Gasteiger partial charge in [0.1, 0.15) is 0 Å². The Morgan fingerprint density at radius 3 is 2.50 bits per heavy atom. The molecule has 0 heterocycles. The van der Waals surface area contributed by atoms with Gasteiger partial charge in [-0.05, 0) is 17.7 Å². The Bertz CT molecular complexity index is 395. The quantitative estimate of drug-likeness (QED) is 0.842. The fraction of sp³-hybridized carbons (Fsp3) is 0.273. The molecule has 0 aliphatic heterocycles. The summed E-state index contributed by atoms with van der Waals surface area (Å²) in [7, 11) is 0. The van der Waals surface area contributed by atoms with Gasteiger partial charge in [-0.3, -0.25) is 4.79 Å². The fourth-order valence-corrected chi connectivity index (χ4v) is 1.14. The minimum atomic E-state index is -2.54. The van der Waals surface area contributed by atoms with Gasteiger partial charge in [0.25, 0.3) is 6.43 Å². The molecule has 16 heavy (non-hydrogen) atoms. The molecule has 0 saturated heterocycles. The maximum absolute atomic E-state index is 11.8. The van der Waals surface area contributed by atoms with Gasteiger partial charge in [0.2, 0.25) is 5.91 Å². The van der Waals surface area contributed by atoms with E-state index in [0.29, 0.717) is 11.1 Å². The van der Waals surface area contributed by atoms with Crippen LogP contribution in [0.5, 0.6) is 0 Å². The van der Waals surface area contributed by atoms with Crippen LogP contribution >= 0.6 is 0 Å². The van der Waals surface area contributed by atoms with E-state index in [0.717, 1.165) is 0 Å². The number of hydrogen-bond acceptors (Lipinski definition) is 2. The highest BCUT2D eigenvalue weighted by atomic mass is 19.3. The zero-order valence-corrected chi connectivity index (χ0v) is 8.41. The number of halogens is 2. The summed E-state index contributed by atoms with van der Waals surface area (Å²) in [5.74, 6) is -0.454. The molecule has 1 N–H and O–H groups in total. The molecule has 3 nitrogen and oxygen atoms in total. The van der Waals surface area contributed by atoms with E-state index in [2.05, 4.69) is 5.32 Å². The first-order valence-electron chi connectivity index (χ1n) is 4.65. The molecule has 1 amide bonds. The number of nitrogens with zero attached hydrogens (tertiary/aromatic N) is 1. The van der Waals surface area contributed by atoms with Gasteiger partial charge in [-0.25, -0.2) is 8.78 Å². The number of carbonyl (C=O) groups is 1. The van der Waals surface area contributed by atoms with Gasteiger partial charge < -0.3 is 5.32 Å². The van der Waals surface area contributed by atoms with Crippen molar-refractivity contribution in [3.8, 4) is 6.07 Å². The summed E-state index contributed by atoms with van der Waals surface area (Å²) in [4.78, 5) is 11.2. The summed E-state index contributed by atoms with van der Waals surface area (Å²) in [6, 6.07) is 8.36. The largest absolute Gasteiger partial charge is 0.350 e. The van der Waals surface area contributed by atoms with E-state index in [-0.39, 0.29) is 6.42 Å².